The molecule has 0 spiro atoms. The van der Waals surface area contributed by atoms with Crippen molar-refractivity contribution >= 4 is 29.5 Å². The summed E-state index contributed by atoms with van der Waals surface area (Å²) in [5.74, 6) is -1.49. The minimum Gasteiger partial charge on any atom is -0.410 e. The number of hydrogen-bond acceptors (Lipinski definition) is 5. The fourth-order valence-electron chi connectivity index (χ4n) is 5.73. The summed E-state index contributed by atoms with van der Waals surface area (Å²) in [5.41, 5.74) is 1.11. The van der Waals surface area contributed by atoms with Crippen LogP contribution in [0.2, 0.25) is 5.02 Å². The van der Waals surface area contributed by atoms with Crippen LogP contribution >= 0.6 is 11.6 Å². The van der Waals surface area contributed by atoms with E-state index >= 15 is 0 Å². The van der Waals surface area contributed by atoms with Crippen LogP contribution in [-0.4, -0.2) is 76.4 Å². The molecule has 2 aromatic carbocycles. The topological polar surface area (TPSA) is 83.0 Å². The third-order valence-corrected chi connectivity index (χ3v) is 8.22. The molecule has 2 unspecified atom stereocenters. The van der Waals surface area contributed by atoms with Gasteiger partial charge in [0.2, 0.25) is 5.91 Å². The first-order chi connectivity index (χ1) is 20.2. The van der Waals surface area contributed by atoms with E-state index in [-0.39, 0.29) is 41.1 Å². The number of halogens is 3. The van der Waals surface area contributed by atoms with Crippen LogP contribution in [0, 0.1) is 17.6 Å². The van der Waals surface area contributed by atoms with E-state index in [0.29, 0.717) is 50.6 Å². The van der Waals surface area contributed by atoms with Crippen molar-refractivity contribution in [2.24, 2.45) is 5.92 Å². The fourth-order valence-corrected chi connectivity index (χ4v) is 5.86. The minimum atomic E-state index is -0.580. The number of ether oxygens (including phenoxy) is 1. The van der Waals surface area contributed by atoms with Gasteiger partial charge in [-0.05, 0) is 73.9 Å². The van der Waals surface area contributed by atoms with Gasteiger partial charge < -0.3 is 19.4 Å². The van der Waals surface area contributed by atoms with Gasteiger partial charge in [-0.2, -0.15) is 0 Å². The van der Waals surface area contributed by atoms with E-state index < -0.39 is 17.7 Å². The van der Waals surface area contributed by atoms with Crippen molar-refractivity contribution in [3.05, 3.63) is 94.8 Å². The molecule has 0 radical (unpaired) electrons. The summed E-state index contributed by atoms with van der Waals surface area (Å²) in [6.07, 6.45) is 1.41. The Morgan fingerprint density at radius 3 is 2.21 bits per heavy atom. The number of nitrogens with zero attached hydrogens (tertiary/aromatic N) is 4. The molecule has 8 nitrogen and oxygen atoms in total. The van der Waals surface area contributed by atoms with Gasteiger partial charge in [-0.1, -0.05) is 23.7 Å². The number of piperidine rings is 1. The van der Waals surface area contributed by atoms with Crippen LogP contribution < -0.4 is 4.74 Å². The van der Waals surface area contributed by atoms with Crippen molar-refractivity contribution in [2.75, 3.05) is 32.7 Å². The molecule has 2 aliphatic rings. The van der Waals surface area contributed by atoms with E-state index in [4.69, 9.17) is 16.3 Å². The van der Waals surface area contributed by atoms with Crippen LogP contribution in [0.15, 0.2) is 66.9 Å². The molecule has 11 heteroatoms. The Balaban J connectivity index is 1.29. The summed E-state index contributed by atoms with van der Waals surface area (Å²) in [4.78, 5) is 48.7. The highest BCUT2D eigenvalue weighted by Gasteiger charge is 2.43. The summed E-state index contributed by atoms with van der Waals surface area (Å²) in [7, 11) is 0. The van der Waals surface area contributed by atoms with Crippen molar-refractivity contribution in [3.8, 4) is 5.75 Å². The molecule has 2 fully saturated rings. The Bertz CT molecular complexity index is 1410. The van der Waals surface area contributed by atoms with Gasteiger partial charge in [-0.25, -0.2) is 18.6 Å². The molecule has 42 heavy (non-hydrogen) atoms. The number of carbonyl (C=O) groups excluding carboxylic acids is 3. The average Bonchev–Trinajstić information content (AvgIpc) is 3.44. The van der Waals surface area contributed by atoms with Gasteiger partial charge in [0, 0.05) is 49.6 Å². The second kappa shape index (κ2) is 12.9. The van der Waals surface area contributed by atoms with Gasteiger partial charge in [0.15, 0.2) is 0 Å². The summed E-state index contributed by atoms with van der Waals surface area (Å²) in [5, 5.41) is 0.585. The molecular weight excluding hydrogens is 566 g/mol. The number of benzene rings is 2. The average molecular weight is 597 g/mol. The van der Waals surface area contributed by atoms with Crippen molar-refractivity contribution in [1.82, 2.24) is 19.7 Å². The molecule has 1 aromatic heterocycles. The van der Waals surface area contributed by atoms with Crippen molar-refractivity contribution < 1.29 is 27.9 Å². The molecule has 2 atom stereocenters. The lowest BCUT2D eigenvalue weighted by atomic mass is 9.93. The van der Waals surface area contributed by atoms with E-state index in [9.17, 15) is 23.2 Å². The van der Waals surface area contributed by atoms with Gasteiger partial charge in [0.05, 0.1) is 12.2 Å². The summed E-state index contributed by atoms with van der Waals surface area (Å²) in [6, 6.07) is 14.8. The Morgan fingerprint density at radius 1 is 0.929 bits per heavy atom. The summed E-state index contributed by atoms with van der Waals surface area (Å²) >= 11 is 6.13. The summed E-state index contributed by atoms with van der Waals surface area (Å²) in [6.45, 7) is 3.68. The maximum Gasteiger partial charge on any atom is 0.415 e. The van der Waals surface area contributed by atoms with Crippen LogP contribution in [0.25, 0.3) is 0 Å². The lowest BCUT2D eigenvalue weighted by Crippen LogP contribution is -2.47. The van der Waals surface area contributed by atoms with Crippen LogP contribution in [0.3, 0.4) is 0 Å². The third-order valence-electron chi connectivity index (χ3n) is 7.97. The Morgan fingerprint density at radius 2 is 1.60 bits per heavy atom. The highest BCUT2D eigenvalue weighted by Crippen LogP contribution is 2.34. The van der Waals surface area contributed by atoms with Gasteiger partial charge in [-0.15, -0.1) is 0 Å². The SMILES string of the molecule is CCN(C(=O)Oc1ccc(F)cc1)C1CN(C(=O)C2CCN(C(=O)c3ccc(F)cn3)CC2)CC1c1ccc(Cl)cc1. The quantitative estimate of drug-likeness (QED) is 0.382. The Hall–Kier alpha value is -4.05. The molecule has 0 N–H and O–H groups in total. The highest BCUT2D eigenvalue weighted by atomic mass is 35.5. The zero-order valence-corrected chi connectivity index (χ0v) is 23.8. The van der Waals surface area contributed by atoms with E-state index in [2.05, 4.69) is 4.98 Å². The fraction of sp³-hybridized carbons (Fsp3) is 0.355. The van der Waals surface area contributed by atoms with Gasteiger partial charge in [0.25, 0.3) is 5.91 Å². The highest BCUT2D eigenvalue weighted by molar-refractivity contribution is 6.30. The van der Waals surface area contributed by atoms with E-state index in [1.807, 2.05) is 19.1 Å². The number of rotatable bonds is 6. The molecule has 5 rings (SSSR count). The van der Waals surface area contributed by atoms with Crippen LogP contribution in [0.5, 0.6) is 5.75 Å². The molecule has 3 amide bonds. The molecule has 3 aromatic rings. The van der Waals surface area contributed by atoms with Gasteiger partial charge in [-0.3, -0.25) is 9.59 Å². The first kappa shape index (κ1) is 29.4. The van der Waals surface area contributed by atoms with Crippen LogP contribution in [-0.2, 0) is 4.79 Å². The second-order valence-electron chi connectivity index (χ2n) is 10.5. The first-order valence-electron chi connectivity index (χ1n) is 13.9. The summed E-state index contributed by atoms with van der Waals surface area (Å²) < 4.78 is 32.1. The number of likely N-dealkylation sites (tertiary alicyclic amines) is 2. The Kier molecular flexibility index (Phi) is 9.01. The Labute approximate surface area is 247 Å². The van der Waals surface area contributed by atoms with Crippen molar-refractivity contribution in [1.29, 1.82) is 0 Å². The van der Waals surface area contributed by atoms with Crippen molar-refractivity contribution in [2.45, 2.75) is 31.7 Å². The molecule has 2 saturated heterocycles. The second-order valence-corrected chi connectivity index (χ2v) is 10.9. The number of aromatic nitrogens is 1. The largest absolute Gasteiger partial charge is 0.415 e. The maximum atomic E-state index is 13.7. The van der Waals surface area contributed by atoms with Crippen LogP contribution in [0.4, 0.5) is 13.6 Å². The number of likely N-dealkylation sites (N-methyl/N-ethyl adjacent to an activating group) is 1. The number of hydrogen-bond donors (Lipinski definition) is 0. The zero-order valence-electron chi connectivity index (χ0n) is 23.1. The van der Waals surface area contributed by atoms with Crippen LogP contribution in [0.1, 0.15) is 41.7 Å². The molecule has 2 aliphatic heterocycles. The predicted molar refractivity (Wildman–Crippen MR) is 152 cm³/mol. The number of amides is 3. The standard InChI is InChI=1S/C31H31ClF2N4O4/c1-2-38(31(41)42-25-10-7-23(33)8-11-25)28-19-37(18-26(28)20-3-5-22(32)6-4-20)29(39)21-13-15-36(16-14-21)30(40)27-12-9-24(34)17-35-27/h3-12,17,21,26,28H,2,13-16,18-19H2,1H3. The monoisotopic (exact) mass is 596 g/mol. The first-order valence-corrected chi connectivity index (χ1v) is 14.3. The zero-order chi connectivity index (χ0) is 29.8. The van der Waals surface area contributed by atoms with Crippen molar-refractivity contribution in [3.63, 3.8) is 0 Å². The lowest BCUT2D eigenvalue weighted by molar-refractivity contribution is -0.136. The normalized spacial score (nSPS) is 19.0. The maximum absolute atomic E-state index is 13.7. The smallest absolute Gasteiger partial charge is 0.410 e. The number of carbonyl (C=O) groups is 3. The molecule has 0 saturated carbocycles. The molecule has 0 bridgehead atoms. The van der Waals surface area contributed by atoms with E-state index in [0.717, 1.165) is 11.8 Å². The molecular formula is C31H31ClF2N4O4. The predicted octanol–water partition coefficient (Wildman–Crippen LogP) is 5.38. The van der Waals surface area contributed by atoms with E-state index in [1.54, 1.807) is 26.8 Å². The lowest BCUT2D eigenvalue weighted by Gasteiger charge is -2.33. The molecule has 3 heterocycles. The minimum absolute atomic E-state index is 0.0218. The molecule has 220 valence electrons. The van der Waals surface area contributed by atoms with Gasteiger partial charge >= 0.3 is 6.09 Å². The third kappa shape index (κ3) is 6.54. The molecule has 0 aliphatic carbocycles. The van der Waals surface area contributed by atoms with Gasteiger partial charge in [0.1, 0.15) is 23.1 Å². The van der Waals surface area contributed by atoms with E-state index in [1.165, 1.54) is 36.4 Å². The number of pyridine rings is 1.